The van der Waals surface area contributed by atoms with Crippen LogP contribution in [0.2, 0.25) is 0 Å². The summed E-state index contributed by atoms with van der Waals surface area (Å²) in [7, 11) is -4.12. The molecule has 2 heterocycles. The topological polar surface area (TPSA) is 87.8 Å². The molecule has 0 saturated carbocycles. The first kappa shape index (κ1) is 14.8. The van der Waals surface area contributed by atoms with Crippen LogP contribution in [-0.4, -0.2) is 25.5 Å². The zero-order chi connectivity index (χ0) is 16.9. The largest absolute Gasteiger partial charge is 0.480 e. The Morgan fingerprint density at radius 2 is 1.83 bits per heavy atom. The van der Waals surface area contributed by atoms with Crippen molar-refractivity contribution in [1.82, 2.24) is 0 Å². The van der Waals surface area contributed by atoms with E-state index in [2.05, 4.69) is 0 Å². The number of carboxylic acid groups (broad SMARTS) is 1. The van der Waals surface area contributed by atoms with Crippen LogP contribution in [0.5, 0.6) is 0 Å². The molecule has 1 aliphatic rings. The summed E-state index contributed by atoms with van der Waals surface area (Å²) >= 11 is 0. The molecule has 0 aliphatic carbocycles. The number of para-hydroxylation sites is 2. The number of fused-ring (bicyclic) bond motifs is 2. The van der Waals surface area contributed by atoms with Gasteiger partial charge in [0.1, 0.15) is 11.6 Å². The number of benzene rings is 2. The van der Waals surface area contributed by atoms with Crippen molar-refractivity contribution >= 4 is 32.6 Å². The SMILES string of the molecule is O=C(O)C1Cc2ccccc2N1S(=O)(=O)c1cc2ccccc2o1. The zero-order valence-corrected chi connectivity index (χ0v) is 13.2. The molecule has 0 radical (unpaired) electrons. The van der Waals surface area contributed by atoms with E-state index in [0.29, 0.717) is 22.2 Å². The lowest BCUT2D eigenvalue weighted by Crippen LogP contribution is -2.42. The number of hydrogen-bond donors (Lipinski definition) is 1. The quantitative estimate of drug-likeness (QED) is 0.790. The van der Waals surface area contributed by atoms with Gasteiger partial charge in [0.25, 0.3) is 10.0 Å². The second-order valence-corrected chi connectivity index (χ2v) is 7.34. The van der Waals surface area contributed by atoms with Crippen molar-refractivity contribution in [3.8, 4) is 0 Å². The van der Waals surface area contributed by atoms with Crippen LogP contribution in [0.15, 0.2) is 64.1 Å². The van der Waals surface area contributed by atoms with Gasteiger partial charge in [-0.15, -0.1) is 0 Å². The molecular formula is C17H13NO5S. The number of rotatable bonds is 3. The Kier molecular flexibility index (Phi) is 3.14. The van der Waals surface area contributed by atoms with Crippen LogP contribution in [0.3, 0.4) is 0 Å². The van der Waals surface area contributed by atoms with Gasteiger partial charge in [0, 0.05) is 17.9 Å². The minimum Gasteiger partial charge on any atom is -0.480 e. The molecule has 1 aliphatic heterocycles. The molecule has 0 bridgehead atoms. The fraction of sp³-hybridized carbons (Fsp3) is 0.118. The Bertz CT molecular complexity index is 1020. The van der Waals surface area contributed by atoms with Crippen LogP contribution in [0, 0.1) is 0 Å². The monoisotopic (exact) mass is 343 g/mol. The molecule has 3 aromatic rings. The van der Waals surface area contributed by atoms with Gasteiger partial charge in [0.15, 0.2) is 0 Å². The summed E-state index contributed by atoms with van der Waals surface area (Å²) in [5.74, 6) is -1.19. The molecule has 1 N–H and O–H groups in total. The number of nitrogens with zero attached hydrogens (tertiary/aromatic N) is 1. The lowest BCUT2D eigenvalue weighted by molar-refractivity contribution is -0.138. The normalized spacial score (nSPS) is 17.2. The summed E-state index contributed by atoms with van der Waals surface area (Å²) in [5, 5.41) is 9.86. The average Bonchev–Trinajstić information content (AvgIpc) is 3.17. The molecule has 1 aromatic heterocycles. The first-order valence-electron chi connectivity index (χ1n) is 7.32. The molecule has 122 valence electrons. The van der Waals surface area contributed by atoms with E-state index in [0.717, 1.165) is 4.31 Å². The van der Waals surface area contributed by atoms with Crippen LogP contribution in [0.4, 0.5) is 5.69 Å². The number of aliphatic carboxylic acids is 1. The number of carbonyl (C=O) groups is 1. The van der Waals surface area contributed by atoms with Crippen LogP contribution in [-0.2, 0) is 21.2 Å². The molecular weight excluding hydrogens is 330 g/mol. The highest BCUT2D eigenvalue weighted by Crippen LogP contribution is 2.37. The lowest BCUT2D eigenvalue weighted by Gasteiger charge is -2.22. The van der Waals surface area contributed by atoms with Crippen molar-refractivity contribution in [2.45, 2.75) is 17.6 Å². The van der Waals surface area contributed by atoms with Crippen molar-refractivity contribution < 1.29 is 22.7 Å². The van der Waals surface area contributed by atoms with Crippen molar-refractivity contribution in [3.63, 3.8) is 0 Å². The minimum atomic E-state index is -4.12. The van der Waals surface area contributed by atoms with Gasteiger partial charge in [-0.25, -0.2) is 9.10 Å². The van der Waals surface area contributed by atoms with Crippen LogP contribution < -0.4 is 4.31 Å². The van der Waals surface area contributed by atoms with Gasteiger partial charge in [-0.3, -0.25) is 0 Å². The first-order valence-corrected chi connectivity index (χ1v) is 8.76. The molecule has 2 aromatic carbocycles. The van der Waals surface area contributed by atoms with Gasteiger partial charge >= 0.3 is 5.97 Å². The maximum absolute atomic E-state index is 13.1. The van der Waals surface area contributed by atoms with E-state index < -0.39 is 22.0 Å². The maximum Gasteiger partial charge on any atom is 0.327 e. The van der Waals surface area contributed by atoms with Gasteiger partial charge in [-0.2, -0.15) is 8.42 Å². The molecule has 0 spiro atoms. The molecule has 0 saturated heterocycles. The van der Waals surface area contributed by atoms with E-state index in [1.54, 1.807) is 48.5 Å². The van der Waals surface area contributed by atoms with Crippen molar-refractivity contribution in [3.05, 3.63) is 60.2 Å². The second kappa shape index (κ2) is 5.10. The zero-order valence-electron chi connectivity index (χ0n) is 12.4. The van der Waals surface area contributed by atoms with Gasteiger partial charge in [0.05, 0.1) is 5.69 Å². The van der Waals surface area contributed by atoms with Crippen molar-refractivity contribution in [2.75, 3.05) is 4.31 Å². The van der Waals surface area contributed by atoms with Crippen molar-refractivity contribution in [2.24, 2.45) is 0 Å². The number of carboxylic acids is 1. The molecule has 1 unspecified atom stereocenters. The van der Waals surface area contributed by atoms with E-state index in [1.165, 1.54) is 6.07 Å². The Morgan fingerprint density at radius 3 is 2.58 bits per heavy atom. The van der Waals surface area contributed by atoms with Gasteiger partial charge in [-0.05, 0) is 17.7 Å². The van der Waals surface area contributed by atoms with Crippen LogP contribution in [0.1, 0.15) is 5.56 Å². The minimum absolute atomic E-state index is 0.130. The summed E-state index contributed by atoms with van der Waals surface area (Å²) < 4.78 is 32.5. The summed E-state index contributed by atoms with van der Waals surface area (Å²) in [5.41, 5.74) is 1.50. The highest BCUT2D eigenvalue weighted by molar-refractivity contribution is 7.92. The fourth-order valence-electron chi connectivity index (χ4n) is 3.02. The molecule has 0 amide bonds. The number of hydrogen-bond acceptors (Lipinski definition) is 4. The molecule has 4 rings (SSSR count). The third-order valence-electron chi connectivity index (χ3n) is 4.13. The predicted octanol–water partition coefficient (Wildman–Crippen LogP) is 2.64. The van der Waals surface area contributed by atoms with E-state index in [-0.39, 0.29) is 11.5 Å². The van der Waals surface area contributed by atoms with Gasteiger partial charge in [-0.1, -0.05) is 36.4 Å². The summed E-state index contributed by atoms with van der Waals surface area (Å²) in [6.07, 6.45) is 0.130. The van der Waals surface area contributed by atoms with E-state index in [9.17, 15) is 18.3 Å². The lowest BCUT2D eigenvalue weighted by atomic mass is 10.1. The van der Waals surface area contributed by atoms with Crippen LogP contribution >= 0.6 is 0 Å². The third kappa shape index (κ3) is 2.09. The number of furan rings is 1. The standard InChI is InChI=1S/C17H13NO5S/c19-17(20)14-9-11-5-1-3-7-13(11)18(14)24(21,22)16-10-12-6-2-4-8-15(12)23-16/h1-8,10,14H,9H2,(H,19,20). The Balaban J connectivity index is 1.89. The number of sulfonamides is 1. The molecule has 1 atom stereocenters. The molecule has 6 nitrogen and oxygen atoms in total. The summed E-state index contributed by atoms with van der Waals surface area (Å²) in [4.78, 5) is 11.6. The third-order valence-corrected chi connectivity index (χ3v) is 5.81. The van der Waals surface area contributed by atoms with Crippen LogP contribution in [0.25, 0.3) is 11.0 Å². The number of anilines is 1. The summed E-state index contributed by atoms with van der Waals surface area (Å²) in [6.45, 7) is 0. The predicted molar refractivity (Wildman–Crippen MR) is 87.4 cm³/mol. The smallest absolute Gasteiger partial charge is 0.327 e. The Labute approximate surface area is 138 Å². The summed E-state index contributed by atoms with van der Waals surface area (Å²) in [6, 6.07) is 14.0. The molecule has 24 heavy (non-hydrogen) atoms. The fourth-order valence-corrected chi connectivity index (χ4v) is 4.63. The van der Waals surface area contributed by atoms with E-state index in [1.807, 2.05) is 0 Å². The first-order chi connectivity index (χ1) is 11.5. The second-order valence-electron chi connectivity index (χ2n) is 5.59. The van der Waals surface area contributed by atoms with Gasteiger partial charge in [0.2, 0.25) is 5.09 Å². The highest BCUT2D eigenvalue weighted by atomic mass is 32.2. The van der Waals surface area contributed by atoms with Gasteiger partial charge < -0.3 is 9.52 Å². The van der Waals surface area contributed by atoms with Crippen molar-refractivity contribution in [1.29, 1.82) is 0 Å². The molecule has 0 fully saturated rings. The van der Waals surface area contributed by atoms with E-state index in [4.69, 9.17) is 4.42 Å². The maximum atomic E-state index is 13.1. The van der Waals surface area contributed by atoms with E-state index >= 15 is 0 Å². The Morgan fingerprint density at radius 1 is 1.12 bits per heavy atom. The highest BCUT2D eigenvalue weighted by Gasteiger charge is 2.43. The average molecular weight is 343 g/mol. The molecule has 7 heteroatoms. The Hall–Kier alpha value is -2.80.